The van der Waals surface area contributed by atoms with Crippen molar-refractivity contribution in [2.75, 3.05) is 0 Å². The number of carbonyl (C=O) groups excluding carboxylic acids is 1. The lowest BCUT2D eigenvalue weighted by Gasteiger charge is -2.12. The van der Waals surface area contributed by atoms with E-state index in [0.29, 0.717) is 11.3 Å². The van der Waals surface area contributed by atoms with Crippen LogP contribution >= 0.6 is 0 Å². The summed E-state index contributed by atoms with van der Waals surface area (Å²) in [4.78, 5) is 42.5. The summed E-state index contributed by atoms with van der Waals surface area (Å²) in [6.07, 6.45) is 4.95. The van der Waals surface area contributed by atoms with Gasteiger partial charge in [0.1, 0.15) is 0 Å². The first kappa shape index (κ1) is 17.8. The Kier molecular flexibility index (Phi) is 4.60. The Morgan fingerprint density at radius 3 is 2.57 bits per heavy atom. The number of carbonyl (C=O) groups is 1. The van der Waals surface area contributed by atoms with Gasteiger partial charge in [0.05, 0.1) is 12.2 Å². The quantitative estimate of drug-likeness (QED) is 0.716. The minimum Gasteiger partial charge on any atom is -0.348 e. The van der Waals surface area contributed by atoms with Gasteiger partial charge in [0, 0.05) is 18.4 Å². The summed E-state index contributed by atoms with van der Waals surface area (Å²) in [7, 11) is 0. The van der Waals surface area contributed by atoms with Crippen molar-refractivity contribution in [1.29, 1.82) is 0 Å². The third-order valence-corrected chi connectivity index (χ3v) is 4.53. The van der Waals surface area contributed by atoms with Crippen molar-refractivity contribution < 1.29 is 4.79 Å². The van der Waals surface area contributed by atoms with E-state index < -0.39 is 17.2 Å². The number of nitrogens with one attached hydrogen (secondary N) is 1. The second-order valence-corrected chi connectivity index (χ2v) is 6.88. The second-order valence-electron chi connectivity index (χ2n) is 6.88. The molecule has 1 aliphatic carbocycles. The van der Waals surface area contributed by atoms with Crippen LogP contribution in [0.4, 0.5) is 0 Å². The molecule has 3 aromatic rings. The van der Waals surface area contributed by atoms with Crippen LogP contribution in [0.2, 0.25) is 0 Å². The Morgan fingerprint density at radius 2 is 1.93 bits per heavy atom. The maximum atomic E-state index is 13.0. The van der Waals surface area contributed by atoms with E-state index in [-0.39, 0.29) is 18.3 Å². The maximum absolute atomic E-state index is 13.0. The van der Waals surface area contributed by atoms with Crippen LogP contribution in [0.15, 0.2) is 58.4 Å². The van der Waals surface area contributed by atoms with E-state index >= 15 is 0 Å². The van der Waals surface area contributed by atoms with E-state index in [0.717, 1.165) is 27.7 Å². The maximum Gasteiger partial charge on any atom is 0.352 e. The minimum absolute atomic E-state index is 0.00357. The predicted molar refractivity (Wildman–Crippen MR) is 103 cm³/mol. The van der Waals surface area contributed by atoms with Crippen LogP contribution in [-0.4, -0.2) is 31.3 Å². The normalized spacial score (nSPS) is 13.3. The molecule has 0 bridgehead atoms. The van der Waals surface area contributed by atoms with E-state index in [9.17, 15) is 14.4 Å². The number of aromatic nitrogens is 4. The highest BCUT2D eigenvalue weighted by Crippen LogP contribution is 2.18. The molecular formula is C20H19N5O3. The lowest BCUT2D eigenvalue weighted by Crippen LogP contribution is -2.46. The Morgan fingerprint density at radius 1 is 1.18 bits per heavy atom. The molecule has 142 valence electrons. The topological polar surface area (TPSA) is 98.9 Å². The first-order chi connectivity index (χ1) is 13.5. The molecule has 1 aromatic carbocycles. The molecule has 0 spiro atoms. The standard InChI is InChI=1S/C20H19N5O3/c1-13-4-8-16(9-5-13)25-20(28)24(12-14-3-2-10-21-11-14)19(27)17(23-25)18(26)22-15-6-7-15/h2-5,8-11,15H,6-7,12H2,1H3,(H,22,26). The van der Waals surface area contributed by atoms with E-state index in [1.807, 2.05) is 19.1 Å². The van der Waals surface area contributed by atoms with Gasteiger partial charge in [0.25, 0.3) is 11.5 Å². The Hall–Kier alpha value is -3.55. The molecule has 0 unspecified atom stereocenters. The van der Waals surface area contributed by atoms with Crippen molar-refractivity contribution in [2.24, 2.45) is 0 Å². The molecule has 1 saturated carbocycles. The fourth-order valence-electron chi connectivity index (χ4n) is 2.81. The van der Waals surface area contributed by atoms with Gasteiger partial charge in [-0.25, -0.2) is 4.79 Å². The zero-order valence-corrected chi connectivity index (χ0v) is 15.3. The van der Waals surface area contributed by atoms with Crippen molar-refractivity contribution in [3.05, 3.63) is 86.5 Å². The van der Waals surface area contributed by atoms with Gasteiger partial charge in [0.15, 0.2) is 0 Å². The lowest BCUT2D eigenvalue weighted by molar-refractivity contribution is 0.0941. The smallest absolute Gasteiger partial charge is 0.348 e. The van der Waals surface area contributed by atoms with Crippen LogP contribution in [-0.2, 0) is 6.54 Å². The number of rotatable bonds is 5. The van der Waals surface area contributed by atoms with Crippen molar-refractivity contribution in [1.82, 2.24) is 24.6 Å². The Balaban J connectivity index is 1.86. The zero-order chi connectivity index (χ0) is 19.7. The lowest BCUT2D eigenvalue weighted by atomic mass is 10.2. The van der Waals surface area contributed by atoms with Gasteiger partial charge in [-0.15, -0.1) is 0 Å². The van der Waals surface area contributed by atoms with E-state index in [4.69, 9.17) is 0 Å². The number of hydrogen-bond donors (Lipinski definition) is 1. The summed E-state index contributed by atoms with van der Waals surface area (Å²) in [5, 5.41) is 6.86. The average Bonchev–Trinajstić information content (AvgIpc) is 3.51. The third kappa shape index (κ3) is 3.62. The number of aryl methyl sites for hydroxylation is 1. The fourth-order valence-corrected chi connectivity index (χ4v) is 2.81. The molecule has 0 saturated heterocycles. The summed E-state index contributed by atoms with van der Waals surface area (Å²) >= 11 is 0. The van der Waals surface area contributed by atoms with Gasteiger partial charge in [-0.3, -0.25) is 19.1 Å². The number of hydrogen-bond acceptors (Lipinski definition) is 5. The zero-order valence-electron chi connectivity index (χ0n) is 15.3. The van der Waals surface area contributed by atoms with Gasteiger partial charge < -0.3 is 5.32 Å². The van der Waals surface area contributed by atoms with Gasteiger partial charge in [0.2, 0.25) is 5.69 Å². The molecule has 2 heterocycles. The highest BCUT2D eigenvalue weighted by Gasteiger charge is 2.27. The molecule has 4 rings (SSSR count). The Labute approximate surface area is 160 Å². The SMILES string of the molecule is Cc1ccc(-n2nc(C(=O)NC3CC3)c(=O)n(Cc3cccnc3)c2=O)cc1. The molecule has 1 amide bonds. The monoisotopic (exact) mass is 377 g/mol. The molecule has 8 nitrogen and oxygen atoms in total. The van der Waals surface area contributed by atoms with Gasteiger partial charge >= 0.3 is 5.69 Å². The highest BCUT2D eigenvalue weighted by molar-refractivity contribution is 5.92. The number of amides is 1. The molecular weight excluding hydrogens is 358 g/mol. The molecule has 0 atom stereocenters. The van der Waals surface area contributed by atoms with Crippen LogP contribution in [0.3, 0.4) is 0 Å². The minimum atomic E-state index is -0.713. The fraction of sp³-hybridized carbons (Fsp3) is 0.250. The van der Waals surface area contributed by atoms with Crippen LogP contribution in [0.25, 0.3) is 5.69 Å². The second kappa shape index (κ2) is 7.22. The van der Waals surface area contributed by atoms with Gasteiger partial charge in [-0.05, 0) is 43.5 Å². The summed E-state index contributed by atoms with van der Waals surface area (Å²) in [6.45, 7) is 1.93. The third-order valence-electron chi connectivity index (χ3n) is 4.53. The van der Waals surface area contributed by atoms with Crippen molar-refractivity contribution >= 4 is 5.91 Å². The number of pyridine rings is 1. The van der Waals surface area contributed by atoms with Crippen LogP contribution in [0.1, 0.15) is 34.5 Å². The number of benzene rings is 1. The van der Waals surface area contributed by atoms with Crippen LogP contribution < -0.4 is 16.6 Å². The predicted octanol–water partition coefficient (Wildman–Crippen LogP) is 1.04. The van der Waals surface area contributed by atoms with Crippen LogP contribution in [0, 0.1) is 6.92 Å². The van der Waals surface area contributed by atoms with Gasteiger partial charge in [-0.2, -0.15) is 9.78 Å². The first-order valence-corrected chi connectivity index (χ1v) is 9.04. The van der Waals surface area contributed by atoms with E-state index in [2.05, 4.69) is 15.4 Å². The van der Waals surface area contributed by atoms with Crippen molar-refractivity contribution in [3.63, 3.8) is 0 Å². The first-order valence-electron chi connectivity index (χ1n) is 9.04. The molecule has 28 heavy (non-hydrogen) atoms. The van der Waals surface area contributed by atoms with Gasteiger partial charge in [-0.1, -0.05) is 23.8 Å². The molecule has 0 aliphatic heterocycles. The molecule has 8 heteroatoms. The Bertz CT molecular complexity index is 1130. The number of nitrogens with zero attached hydrogens (tertiary/aromatic N) is 4. The summed E-state index contributed by atoms with van der Waals surface area (Å²) in [5.74, 6) is -0.562. The molecule has 1 aliphatic rings. The summed E-state index contributed by atoms with van der Waals surface area (Å²) in [6, 6.07) is 10.7. The summed E-state index contributed by atoms with van der Waals surface area (Å²) in [5.41, 5.74) is 0.562. The average molecular weight is 377 g/mol. The van der Waals surface area contributed by atoms with Crippen LogP contribution in [0.5, 0.6) is 0 Å². The molecule has 1 fully saturated rings. The van der Waals surface area contributed by atoms with E-state index in [1.54, 1.807) is 36.7 Å². The van der Waals surface area contributed by atoms with E-state index in [1.165, 1.54) is 0 Å². The largest absolute Gasteiger partial charge is 0.352 e. The van der Waals surface area contributed by atoms with Crippen molar-refractivity contribution in [3.8, 4) is 5.69 Å². The molecule has 0 radical (unpaired) electrons. The highest BCUT2D eigenvalue weighted by atomic mass is 16.2. The summed E-state index contributed by atoms with van der Waals surface area (Å²) < 4.78 is 2.12. The molecule has 2 aromatic heterocycles. The van der Waals surface area contributed by atoms with Crippen molar-refractivity contribution in [2.45, 2.75) is 32.4 Å². The molecule has 1 N–H and O–H groups in total.